The van der Waals surface area contributed by atoms with Crippen LogP contribution in [0.5, 0.6) is 0 Å². The van der Waals surface area contributed by atoms with Gasteiger partial charge >= 0.3 is 0 Å². The molecule has 0 saturated heterocycles. The molecule has 0 aliphatic heterocycles. The molecular formula is C28H31BrN2O2S. The van der Waals surface area contributed by atoms with Crippen LogP contribution in [0.3, 0.4) is 0 Å². The maximum Gasteiger partial charge on any atom is 0.256 e. The molecule has 0 radical (unpaired) electrons. The van der Waals surface area contributed by atoms with E-state index in [1.807, 2.05) is 30.3 Å². The zero-order valence-corrected chi connectivity index (χ0v) is 22.3. The Labute approximate surface area is 214 Å². The van der Waals surface area contributed by atoms with Gasteiger partial charge in [0.15, 0.2) is 0 Å². The molecule has 2 aromatic carbocycles. The summed E-state index contributed by atoms with van der Waals surface area (Å²) < 4.78 is 0.919. The van der Waals surface area contributed by atoms with Gasteiger partial charge in [-0.25, -0.2) is 0 Å². The lowest BCUT2D eigenvalue weighted by molar-refractivity contribution is 0.0954. The molecule has 34 heavy (non-hydrogen) atoms. The molecule has 1 unspecified atom stereocenters. The van der Waals surface area contributed by atoms with E-state index in [1.54, 1.807) is 23.5 Å². The van der Waals surface area contributed by atoms with Gasteiger partial charge in [0, 0.05) is 21.5 Å². The topological polar surface area (TPSA) is 58.2 Å². The highest BCUT2D eigenvalue weighted by atomic mass is 79.9. The van der Waals surface area contributed by atoms with E-state index in [0.29, 0.717) is 28.6 Å². The number of carbonyl (C=O) groups is 2. The molecule has 1 aliphatic rings. The predicted octanol–water partition coefficient (Wildman–Crippen LogP) is 6.89. The highest BCUT2D eigenvalue weighted by Crippen LogP contribution is 2.44. The van der Waals surface area contributed by atoms with Crippen LogP contribution in [0, 0.1) is 11.3 Å². The van der Waals surface area contributed by atoms with Gasteiger partial charge in [-0.2, -0.15) is 0 Å². The first-order valence-corrected chi connectivity index (χ1v) is 13.4. The Hall–Kier alpha value is -2.44. The molecule has 3 aromatic rings. The first-order chi connectivity index (χ1) is 16.2. The van der Waals surface area contributed by atoms with Crippen molar-refractivity contribution >= 4 is 44.1 Å². The zero-order chi connectivity index (χ0) is 24.3. The third-order valence-corrected chi connectivity index (χ3v) is 8.29. The van der Waals surface area contributed by atoms with Crippen LogP contribution in [0.25, 0.3) is 0 Å². The summed E-state index contributed by atoms with van der Waals surface area (Å²) in [5.74, 6) is 0.258. The fourth-order valence-electron chi connectivity index (χ4n) is 4.48. The van der Waals surface area contributed by atoms with Crippen molar-refractivity contribution in [3.8, 4) is 0 Å². The van der Waals surface area contributed by atoms with Crippen LogP contribution in [0.1, 0.15) is 63.9 Å². The van der Waals surface area contributed by atoms with Crippen LogP contribution in [0.2, 0.25) is 0 Å². The molecule has 0 spiro atoms. The van der Waals surface area contributed by atoms with Gasteiger partial charge in [0.1, 0.15) is 5.00 Å². The summed E-state index contributed by atoms with van der Waals surface area (Å²) in [5, 5.41) is 6.80. The number of amides is 2. The van der Waals surface area contributed by atoms with Gasteiger partial charge < -0.3 is 10.6 Å². The molecular weight excluding hydrogens is 508 g/mol. The van der Waals surface area contributed by atoms with Crippen molar-refractivity contribution in [3.05, 3.63) is 86.2 Å². The summed E-state index contributed by atoms with van der Waals surface area (Å²) in [6.07, 6.45) is 3.63. The summed E-state index contributed by atoms with van der Waals surface area (Å²) in [7, 11) is 0. The molecule has 1 heterocycles. The van der Waals surface area contributed by atoms with Crippen molar-refractivity contribution in [3.63, 3.8) is 0 Å². The van der Waals surface area contributed by atoms with Crippen LogP contribution in [0.15, 0.2) is 59.1 Å². The van der Waals surface area contributed by atoms with Crippen LogP contribution in [-0.2, 0) is 19.3 Å². The van der Waals surface area contributed by atoms with Crippen molar-refractivity contribution in [1.29, 1.82) is 0 Å². The van der Waals surface area contributed by atoms with E-state index in [2.05, 4.69) is 59.5 Å². The summed E-state index contributed by atoms with van der Waals surface area (Å²) in [4.78, 5) is 27.6. The number of halogens is 1. The van der Waals surface area contributed by atoms with E-state index in [0.717, 1.165) is 35.7 Å². The quantitative estimate of drug-likeness (QED) is 0.359. The van der Waals surface area contributed by atoms with Crippen molar-refractivity contribution in [2.24, 2.45) is 11.3 Å². The SMILES string of the molecule is CC(C)(C)C1CCc2c(sc(NC(=O)c3ccc(Br)cc3)c2C(=O)NCCc2ccccc2)C1. The molecule has 4 rings (SSSR count). The number of hydrogen-bond donors (Lipinski definition) is 2. The number of nitrogens with one attached hydrogen (secondary N) is 2. The molecule has 0 bridgehead atoms. The molecule has 1 atom stereocenters. The summed E-state index contributed by atoms with van der Waals surface area (Å²) in [6.45, 7) is 7.40. The number of fused-ring (bicyclic) bond motifs is 1. The van der Waals surface area contributed by atoms with E-state index in [9.17, 15) is 9.59 Å². The van der Waals surface area contributed by atoms with Gasteiger partial charge in [0.25, 0.3) is 11.8 Å². The fourth-order valence-corrected chi connectivity index (χ4v) is 6.07. The summed E-state index contributed by atoms with van der Waals surface area (Å²) in [6, 6.07) is 17.4. The first-order valence-electron chi connectivity index (χ1n) is 11.8. The average Bonchev–Trinajstić information content (AvgIpc) is 3.16. The summed E-state index contributed by atoms with van der Waals surface area (Å²) in [5.41, 5.74) is 3.71. The standard InChI is InChI=1S/C28H31BrN2O2S/c1-28(2,3)20-11-14-22-23(17-20)34-27(31-25(32)19-9-12-21(29)13-10-19)24(22)26(33)30-16-15-18-7-5-4-6-8-18/h4-10,12-13,20H,11,14-17H2,1-3H3,(H,30,33)(H,31,32). The van der Waals surface area contributed by atoms with Gasteiger partial charge in [0.2, 0.25) is 0 Å². The number of carbonyl (C=O) groups excluding carboxylic acids is 2. The van der Waals surface area contributed by atoms with Crippen molar-refractivity contribution in [2.75, 3.05) is 11.9 Å². The highest BCUT2D eigenvalue weighted by Gasteiger charge is 2.34. The lowest BCUT2D eigenvalue weighted by Gasteiger charge is -2.33. The van der Waals surface area contributed by atoms with Gasteiger partial charge in [0.05, 0.1) is 5.56 Å². The zero-order valence-electron chi connectivity index (χ0n) is 19.9. The normalized spacial score (nSPS) is 15.5. The van der Waals surface area contributed by atoms with E-state index in [1.165, 1.54) is 10.4 Å². The van der Waals surface area contributed by atoms with E-state index >= 15 is 0 Å². The Bertz CT molecular complexity index is 1160. The van der Waals surface area contributed by atoms with Gasteiger partial charge in [-0.3, -0.25) is 9.59 Å². The molecule has 1 aliphatic carbocycles. The minimum atomic E-state index is -0.197. The second-order valence-electron chi connectivity index (χ2n) is 9.97. The largest absolute Gasteiger partial charge is 0.352 e. The number of thiophene rings is 1. The number of benzene rings is 2. The lowest BCUT2D eigenvalue weighted by atomic mass is 9.72. The molecule has 2 amide bonds. The Morgan fingerprint density at radius 2 is 1.74 bits per heavy atom. The predicted molar refractivity (Wildman–Crippen MR) is 144 cm³/mol. The molecule has 4 nitrogen and oxygen atoms in total. The molecule has 0 fully saturated rings. The van der Waals surface area contributed by atoms with E-state index in [-0.39, 0.29) is 17.2 Å². The number of anilines is 1. The van der Waals surface area contributed by atoms with Crippen molar-refractivity contribution < 1.29 is 9.59 Å². The van der Waals surface area contributed by atoms with Crippen LogP contribution >= 0.6 is 27.3 Å². The minimum Gasteiger partial charge on any atom is -0.352 e. The Morgan fingerprint density at radius 1 is 1.03 bits per heavy atom. The number of hydrogen-bond acceptors (Lipinski definition) is 3. The third kappa shape index (κ3) is 5.78. The monoisotopic (exact) mass is 538 g/mol. The molecule has 2 N–H and O–H groups in total. The third-order valence-electron chi connectivity index (χ3n) is 6.59. The molecule has 1 aromatic heterocycles. The molecule has 0 saturated carbocycles. The maximum absolute atomic E-state index is 13.4. The second kappa shape index (κ2) is 10.4. The molecule has 178 valence electrons. The summed E-state index contributed by atoms with van der Waals surface area (Å²) >= 11 is 4.97. The molecule has 6 heteroatoms. The second-order valence-corrected chi connectivity index (χ2v) is 12.0. The maximum atomic E-state index is 13.4. The number of rotatable bonds is 6. The Balaban J connectivity index is 1.57. The van der Waals surface area contributed by atoms with Gasteiger partial charge in [-0.05, 0) is 72.4 Å². The van der Waals surface area contributed by atoms with E-state index < -0.39 is 0 Å². The Kier molecular flexibility index (Phi) is 7.58. The van der Waals surface area contributed by atoms with Crippen molar-refractivity contribution in [2.45, 2.75) is 46.5 Å². The Morgan fingerprint density at radius 3 is 2.41 bits per heavy atom. The van der Waals surface area contributed by atoms with E-state index in [4.69, 9.17) is 0 Å². The lowest BCUT2D eigenvalue weighted by Crippen LogP contribution is -2.29. The van der Waals surface area contributed by atoms with Gasteiger partial charge in [-0.1, -0.05) is 67.0 Å². The van der Waals surface area contributed by atoms with Crippen LogP contribution in [0.4, 0.5) is 5.00 Å². The first kappa shape index (κ1) is 24.7. The minimum absolute atomic E-state index is 0.103. The average molecular weight is 540 g/mol. The smallest absolute Gasteiger partial charge is 0.256 e. The van der Waals surface area contributed by atoms with Crippen LogP contribution in [-0.4, -0.2) is 18.4 Å². The van der Waals surface area contributed by atoms with Gasteiger partial charge in [-0.15, -0.1) is 11.3 Å². The highest BCUT2D eigenvalue weighted by molar-refractivity contribution is 9.10. The van der Waals surface area contributed by atoms with Crippen LogP contribution < -0.4 is 10.6 Å². The van der Waals surface area contributed by atoms with Crippen molar-refractivity contribution in [1.82, 2.24) is 5.32 Å². The fraction of sp³-hybridized carbons (Fsp3) is 0.357.